The summed E-state index contributed by atoms with van der Waals surface area (Å²) in [7, 11) is 0. The van der Waals surface area contributed by atoms with Gasteiger partial charge in [-0.25, -0.2) is 23.6 Å². The summed E-state index contributed by atoms with van der Waals surface area (Å²) in [4.78, 5) is 44.2. The number of fused-ring (bicyclic) bond motifs is 1. The zero-order valence-electron chi connectivity index (χ0n) is 23.4. The minimum atomic E-state index is -1.05. The van der Waals surface area contributed by atoms with Crippen molar-refractivity contribution in [3.05, 3.63) is 112 Å². The molecule has 0 radical (unpaired) electrons. The summed E-state index contributed by atoms with van der Waals surface area (Å²) in [5.41, 5.74) is 1.43. The number of hydrogen-bond donors (Lipinski definition) is 2. The van der Waals surface area contributed by atoms with Gasteiger partial charge in [0.05, 0.1) is 23.1 Å². The van der Waals surface area contributed by atoms with Gasteiger partial charge in [0.2, 0.25) is 11.8 Å². The van der Waals surface area contributed by atoms with E-state index < -0.39 is 35.8 Å². The van der Waals surface area contributed by atoms with Crippen molar-refractivity contribution in [3.8, 4) is 5.75 Å². The lowest BCUT2D eigenvalue weighted by atomic mass is 9.98. The van der Waals surface area contributed by atoms with Crippen LogP contribution in [0.2, 0.25) is 10.0 Å². The van der Waals surface area contributed by atoms with Gasteiger partial charge in [-0.15, -0.1) is 6.58 Å². The van der Waals surface area contributed by atoms with Gasteiger partial charge in [0.1, 0.15) is 29.6 Å². The second-order valence-corrected chi connectivity index (χ2v) is 11.3. The lowest BCUT2D eigenvalue weighted by Crippen LogP contribution is -2.76. The number of benzene rings is 3. The van der Waals surface area contributed by atoms with Gasteiger partial charge in [-0.05, 0) is 41.5 Å². The van der Waals surface area contributed by atoms with Crippen LogP contribution in [0.1, 0.15) is 16.7 Å². The monoisotopic (exact) mass is 643 g/mol. The minimum absolute atomic E-state index is 0.0361. The average molecular weight is 645 g/mol. The first-order valence-electron chi connectivity index (χ1n) is 13.7. The van der Waals surface area contributed by atoms with Crippen molar-refractivity contribution in [2.45, 2.75) is 31.7 Å². The molecule has 2 N–H and O–H groups in total. The number of piperazine rings is 1. The highest BCUT2D eigenvalue weighted by Crippen LogP contribution is 2.30. The fourth-order valence-corrected chi connectivity index (χ4v) is 5.78. The maximum atomic E-state index is 14.7. The van der Waals surface area contributed by atoms with Crippen LogP contribution in [0, 0.1) is 11.6 Å². The third kappa shape index (κ3) is 6.64. The molecular formula is C31H29Cl2F2N5O4. The number of nitrogens with one attached hydrogen (secondary N) is 1. The first kappa shape index (κ1) is 31.2. The SMILES string of the molecule is C=CCN1CC(=O)N2[C@@H](Cc3ccc(O)cc3)C(=O)N(Cc3ccc(F)cc3F)C[C@@H]2N1C(=O)NCc1ccc(Cl)c(Cl)c1. The quantitative estimate of drug-likeness (QED) is 0.347. The van der Waals surface area contributed by atoms with Gasteiger partial charge in [0.15, 0.2) is 0 Å². The Bertz CT molecular complexity index is 1590. The highest BCUT2D eigenvalue weighted by molar-refractivity contribution is 6.42. The molecular weight excluding hydrogens is 615 g/mol. The zero-order valence-corrected chi connectivity index (χ0v) is 24.9. The van der Waals surface area contributed by atoms with Crippen molar-refractivity contribution in [1.29, 1.82) is 0 Å². The molecule has 3 aromatic rings. The summed E-state index contributed by atoms with van der Waals surface area (Å²) >= 11 is 12.2. The van der Waals surface area contributed by atoms with Crippen molar-refractivity contribution >= 4 is 41.0 Å². The number of phenols is 1. The summed E-state index contributed by atoms with van der Waals surface area (Å²) in [6.07, 6.45) is 0.660. The summed E-state index contributed by atoms with van der Waals surface area (Å²) in [6, 6.07) is 12.7. The number of carbonyl (C=O) groups excluding carboxylic acids is 3. The molecule has 4 amide bonds. The standard InChI is InChI=1S/C31H29Cl2F2N5O4/c1-2-11-38-18-29(42)39-27(13-19-3-8-23(41)9-4-19)30(43)37(16-21-6-7-22(34)14-26(21)35)17-28(39)40(38)31(44)36-15-20-5-10-24(32)25(33)12-20/h2-10,12,14,27-28,41H,1,11,13,15-18H2,(H,36,44)/t27-,28-/m0/s1. The van der Waals surface area contributed by atoms with Gasteiger partial charge in [-0.2, -0.15) is 0 Å². The predicted molar refractivity (Wildman–Crippen MR) is 160 cm³/mol. The van der Waals surface area contributed by atoms with E-state index in [0.717, 1.165) is 12.1 Å². The number of carbonyl (C=O) groups is 3. The van der Waals surface area contributed by atoms with Crippen LogP contribution in [0.5, 0.6) is 5.75 Å². The Kier molecular flexibility index (Phi) is 9.38. The molecule has 0 aliphatic carbocycles. The second-order valence-electron chi connectivity index (χ2n) is 10.5. The Labute approximate surface area is 262 Å². The van der Waals surface area contributed by atoms with E-state index in [9.17, 15) is 28.3 Å². The Balaban J connectivity index is 1.50. The van der Waals surface area contributed by atoms with Gasteiger partial charge in [-0.3, -0.25) is 9.59 Å². The summed E-state index contributed by atoms with van der Waals surface area (Å²) in [6.45, 7) is 3.45. The van der Waals surface area contributed by atoms with Crippen molar-refractivity contribution in [2.24, 2.45) is 0 Å². The van der Waals surface area contributed by atoms with Crippen molar-refractivity contribution in [2.75, 3.05) is 19.6 Å². The molecule has 2 aliphatic rings. The molecule has 2 atom stereocenters. The van der Waals surface area contributed by atoms with E-state index in [1.165, 1.54) is 38.0 Å². The highest BCUT2D eigenvalue weighted by Gasteiger charge is 2.51. The van der Waals surface area contributed by atoms with Crippen LogP contribution in [0.25, 0.3) is 0 Å². The molecule has 0 saturated carbocycles. The lowest BCUT2D eigenvalue weighted by molar-refractivity contribution is -0.189. The average Bonchev–Trinajstić information content (AvgIpc) is 2.98. The normalized spacial score (nSPS) is 18.8. The number of rotatable bonds is 8. The minimum Gasteiger partial charge on any atom is -0.508 e. The van der Waals surface area contributed by atoms with E-state index in [1.807, 2.05) is 0 Å². The van der Waals surface area contributed by atoms with Crippen molar-refractivity contribution in [3.63, 3.8) is 0 Å². The van der Waals surface area contributed by atoms with E-state index in [1.54, 1.807) is 36.4 Å². The second kappa shape index (κ2) is 13.2. The fourth-order valence-electron chi connectivity index (χ4n) is 5.46. The number of urea groups is 1. The summed E-state index contributed by atoms with van der Waals surface area (Å²) in [5.74, 6) is -2.38. The van der Waals surface area contributed by atoms with Gasteiger partial charge in [0.25, 0.3) is 0 Å². The molecule has 3 aromatic carbocycles. The third-order valence-corrected chi connectivity index (χ3v) is 8.29. The molecule has 13 heteroatoms. The molecule has 2 aliphatic heterocycles. The molecule has 5 rings (SSSR count). The smallest absolute Gasteiger partial charge is 0.334 e. The van der Waals surface area contributed by atoms with E-state index in [-0.39, 0.29) is 56.4 Å². The largest absolute Gasteiger partial charge is 0.508 e. The molecule has 0 bridgehead atoms. The molecule has 0 aromatic heterocycles. The van der Waals surface area contributed by atoms with E-state index in [4.69, 9.17) is 23.2 Å². The fraction of sp³-hybridized carbons (Fsp3) is 0.258. The van der Waals surface area contributed by atoms with Crippen LogP contribution >= 0.6 is 23.2 Å². The third-order valence-electron chi connectivity index (χ3n) is 7.55. The van der Waals surface area contributed by atoms with Crippen LogP contribution in [-0.4, -0.2) is 74.6 Å². The van der Waals surface area contributed by atoms with Crippen molar-refractivity contribution < 1.29 is 28.3 Å². The molecule has 2 heterocycles. The Morgan fingerprint density at radius 2 is 1.75 bits per heavy atom. The van der Waals surface area contributed by atoms with Gasteiger partial charge in [-0.1, -0.05) is 53.5 Å². The van der Waals surface area contributed by atoms with E-state index in [2.05, 4.69) is 11.9 Å². The first-order valence-corrected chi connectivity index (χ1v) is 14.5. The summed E-state index contributed by atoms with van der Waals surface area (Å²) in [5, 5.41) is 16.2. The lowest BCUT2D eigenvalue weighted by Gasteiger charge is -2.55. The van der Waals surface area contributed by atoms with Crippen LogP contribution < -0.4 is 5.32 Å². The molecule has 9 nitrogen and oxygen atoms in total. The van der Waals surface area contributed by atoms with Crippen LogP contribution in [0.4, 0.5) is 13.6 Å². The number of halogens is 4. The van der Waals surface area contributed by atoms with Gasteiger partial charge >= 0.3 is 6.03 Å². The Hall–Kier alpha value is -4.19. The number of hydrogen-bond acceptors (Lipinski definition) is 5. The maximum absolute atomic E-state index is 14.7. The van der Waals surface area contributed by atoms with E-state index >= 15 is 0 Å². The van der Waals surface area contributed by atoms with Gasteiger partial charge in [0, 0.05) is 37.7 Å². The highest BCUT2D eigenvalue weighted by atomic mass is 35.5. The maximum Gasteiger partial charge on any atom is 0.334 e. The zero-order chi connectivity index (χ0) is 31.5. The van der Waals surface area contributed by atoms with Gasteiger partial charge < -0.3 is 20.2 Å². The van der Waals surface area contributed by atoms with Crippen molar-refractivity contribution in [1.82, 2.24) is 25.1 Å². The van der Waals surface area contributed by atoms with Crippen LogP contribution in [-0.2, 0) is 29.1 Å². The first-order chi connectivity index (χ1) is 21.0. The van der Waals surface area contributed by atoms with E-state index in [0.29, 0.717) is 21.2 Å². The predicted octanol–water partition coefficient (Wildman–Crippen LogP) is 4.71. The van der Waals surface area contributed by atoms with Crippen LogP contribution in [0.3, 0.4) is 0 Å². The number of aromatic hydroxyl groups is 1. The molecule has 2 saturated heterocycles. The molecule has 44 heavy (non-hydrogen) atoms. The Morgan fingerprint density at radius 3 is 2.43 bits per heavy atom. The molecule has 2 fully saturated rings. The number of nitrogens with zero attached hydrogens (tertiary/aromatic N) is 4. The summed E-state index contributed by atoms with van der Waals surface area (Å²) < 4.78 is 28.3. The number of phenolic OH excluding ortho intramolecular Hbond substituents is 1. The molecule has 0 spiro atoms. The number of amides is 4. The van der Waals surface area contributed by atoms with Crippen LogP contribution in [0.15, 0.2) is 73.3 Å². The molecule has 230 valence electrons. The number of hydrazine groups is 1. The Morgan fingerprint density at radius 1 is 1.02 bits per heavy atom. The molecule has 0 unspecified atom stereocenters. The topological polar surface area (TPSA) is 96.4 Å².